The zero-order valence-electron chi connectivity index (χ0n) is 12.1. The first-order valence-electron chi connectivity index (χ1n) is 6.89. The number of carboxylic acid groups (broad SMARTS) is 1. The van der Waals surface area contributed by atoms with Crippen molar-refractivity contribution in [2.45, 2.75) is 13.0 Å². The number of carbonyl (C=O) groups is 1. The van der Waals surface area contributed by atoms with E-state index in [9.17, 15) is 4.79 Å². The van der Waals surface area contributed by atoms with Crippen LogP contribution in [-0.4, -0.2) is 54.6 Å². The molecule has 0 aliphatic carbocycles. The zero-order chi connectivity index (χ0) is 14.5. The topological polar surface area (TPSA) is 43.8 Å². The van der Waals surface area contributed by atoms with E-state index in [-0.39, 0.29) is 0 Å². The first-order chi connectivity index (χ1) is 9.52. The monoisotopic (exact) mass is 294 g/mol. The summed E-state index contributed by atoms with van der Waals surface area (Å²) >= 11 is 1.66. The van der Waals surface area contributed by atoms with Crippen LogP contribution in [0.3, 0.4) is 0 Å². The van der Waals surface area contributed by atoms with Gasteiger partial charge in [0.1, 0.15) is 0 Å². The maximum absolute atomic E-state index is 10.5. The maximum Gasteiger partial charge on any atom is 0.328 e. The van der Waals surface area contributed by atoms with E-state index in [0.29, 0.717) is 0 Å². The van der Waals surface area contributed by atoms with Crippen LogP contribution >= 0.6 is 11.3 Å². The highest BCUT2D eigenvalue weighted by molar-refractivity contribution is 7.12. The van der Waals surface area contributed by atoms with E-state index >= 15 is 0 Å². The van der Waals surface area contributed by atoms with Crippen molar-refractivity contribution in [1.82, 2.24) is 9.80 Å². The van der Waals surface area contributed by atoms with Crippen molar-refractivity contribution in [2.75, 3.05) is 33.7 Å². The Kier molecular flexibility index (Phi) is 5.34. The third-order valence-electron chi connectivity index (χ3n) is 3.56. The molecule has 2 rings (SSSR count). The highest BCUT2D eigenvalue weighted by Gasteiger charge is 2.20. The largest absolute Gasteiger partial charge is 0.478 e. The molecule has 0 bridgehead atoms. The number of hydrogen-bond acceptors (Lipinski definition) is 4. The van der Waals surface area contributed by atoms with Gasteiger partial charge in [0.25, 0.3) is 0 Å². The molecule has 1 saturated heterocycles. The fourth-order valence-corrected chi connectivity index (χ4v) is 3.67. The first kappa shape index (κ1) is 15.2. The second kappa shape index (κ2) is 7.02. The third-order valence-corrected chi connectivity index (χ3v) is 4.59. The quantitative estimate of drug-likeness (QED) is 0.817. The Morgan fingerprint density at radius 2 is 2.40 bits per heavy atom. The van der Waals surface area contributed by atoms with Crippen LogP contribution in [0.15, 0.2) is 18.2 Å². The molecule has 1 aromatic rings. The molecule has 2 heterocycles. The summed E-state index contributed by atoms with van der Waals surface area (Å²) in [5.41, 5.74) is 0. The molecule has 5 heteroatoms. The molecule has 110 valence electrons. The molecule has 20 heavy (non-hydrogen) atoms. The van der Waals surface area contributed by atoms with Gasteiger partial charge in [-0.2, -0.15) is 0 Å². The van der Waals surface area contributed by atoms with Gasteiger partial charge in [-0.1, -0.05) is 0 Å². The molecule has 1 aromatic heterocycles. The predicted octanol–water partition coefficient (Wildman–Crippen LogP) is 2.23. The summed E-state index contributed by atoms with van der Waals surface area (Å²) in [6, 6.07) is 4.07. The number of rotatable bonds is 6. The Bertz CT molecular complexity index is 484. The number of hydrogen-bond donors (Lipinski definition) is 1. The fraction of sp³-hybridized carbons (Fsp3) is 0.533. The lowest BCUT2D eigenvalue weighted by Crippen LogP contribution is -2.26. The Labute approximate surface area is 124 Å². The van der Waals surface area contributed by atoms with Gasteiger partial charge in [0.2, 0.25) is 0 Å². The summed E-state index contributed by atoms with van der Waals surface area (Å²) in [5, 5.41) is 8.61. The summed E-state index contributed by atoms with van der Waals surface area (Å²) in [4.78, 5) is 17.5. The van der Waals surface area contributed by atoms with E-state index in [1.807, 2.05) is 6.07 Å². The van der Waals surface area contributed by atoms with Gasteiger partial charge in [0.15, 0.2) is 0 Å². The van der Waals surface area contributed by atoms with E-state index in [1.54, 1.807) is 17.4 Å². The van der Waals surface area contributed by atoms with Gasteiger partial charge in [-0.3, -0.25) is 0 Å². The zero-order valence-corrected chi connectivity index (χ0v) is 12.9. The normalized spacial score (nSPS) is 20.2. The molecule has 1 fully saturated rings. The fourth-order valence-electron chi connectivity index (χ4n) is 2.67. The molecule has 0 amide bonds. The van der Waals surface area contributed by atoms with Crippen molar-refractivity contribution in [3.05, 3.63) is 28.0 Å². The lowest BCUT2D eigenvalue weighted by Gasteiger charge is -2.20. The number of carboxylic acids is 1. The molecule has 1 aliphatic rings. The summed E-state index contributed by atoms with van der Waals surface area (Å²) in [7, 11) is 4.34. The SMILES string of the molecule is CN1CCC(CN(C)Cc2ccc(C=CC(=O)O)s2)C1. The van der Waals surface area contributed by atoms with Gasteiger partial charge < -0.3 is 14.9 Å². The first-order valence-corrected chi connectivity index (χ1v) is 7.71. The lowest BCUT2D eigenvalue weighted by atomic mass is 10.1. The molecule has 0 spiro atoms. The Balaban J connectivity index is 1.82. The lowest BCUT2D eigenvalue weighted by molar-refractivity contribution is -0.131. The van der Waals surface area contributed by atoms with E-state index in [1.165, 1.54) is 30.5 Å². The average Bonchev–Trinajstić information content (AvgIpc) is 2.96. The minimum atomic E-state index is -0.901. The summed E-state index contributed by atoms with van der Waals surface area (Å²) in [6.07, 6.45) is 4.13. The minimum absolute atomic E-state index is 0.774. The molecule has 0 saturated carbocycles. The molecular weight excluding hydrogens is 272 g/mol. The maximum atomic E-state index is 10.5. The predicted molar refractivity (Wildman–Crippen MR) is 82.9 cm³/mol. The molecule has 4 nitrogen and oxygen atoms in total. The van der Waals surface area contributed by atoms with Crippen molar-refractivity contribution >= 4 is 23.4 Å². The van der Waals surface area contributed by atoms with Gasteiger partial charge in [0, 0.05) is 35.5 Å². The standard InChI is InChI=1S/C15H22N2O2S/c1-16-8-7-12(9-16)10-17(2)11-14-4-3-13(20-14)5-6-15(18)19/h3-6,12H,7-11H2,1-2H3,(H,18,19). The number of thiophene rings is 1. The van der Waals surface area contributed by atoms with Crippen molar-refractivity contribution in [3.63, 3.8) is 0 Å². The minimum Gasteiger partial charge on any atom is -0.478 e. The smallest absolute Gasteiger partial charge is 0.328 e. The van der Waals surface area contributed by atoms with Crippen LogP contribution in [0, 0.1) is 5.92 Å². The summed E-state index contributed by atoms with van der Waals surface area (Å²) in [5.74, 6) is -0.126. The second-order valence-corrected chi connectivity index (χ2v) is 6.79. The van der Waals surface area contributed by atoms with E-state index in [4.69, 9.17) is 5.11 Å². The van der Waals surface area contributed by atoms with Gasteiger partial charge >= 0.3 is 5.97 Å². The van der Waals surface area contributed by atoms with Gasteiger partial charge in [-0.05, 0) is 51.2 Å². The highest BCUT2D eigenvalue weighted by atomic mass is 32.1. The van der Waals surface area contributed by atoms with Crippen LogP contribution in [0.4, 0.5) is 0 Å². The van der Waals surface area contributed by atoms with E-state index < -0.39 is 5.97 Å². The highest BCUT2D eigenvalue weighted by Crippen LogP contribution is 2.21. The van der Waals surface area contributed by atoms with Crippen LogP contribution in [0.25, 0.3) is 6.08 Å². The molecular formula is C15H22N2O2S. The average molecular weight is 294 g/mol. The molecule has 1 N–H and O–H groups in total. The number of nitrogens with zero attached hydrogens (tertiary/aromatic N) is 2. The van der Waals surface area contributed by atoms with Crippen LogP contribution in [-0.2, 0) is 11.3 Å². The van der Waals surface area contributed by atoms with Gasteiger partial charge in [-0.25, -0.2) is 4.79 Å². The van der Waals surface area contributed by atoms with Gasteiger partial charge in [0.05, 0.1) is 0 Å². The van der Waals surface area contributed by atoms with Crippen molar-refractivity contribution in [2.24, 2.45) is 5.92 Å². The van der Waals surface area contributed by atoms with Crippen LogP contribution in [0.1, 0.15) is 16.2 Å². The van der Waals surface area contributed by atoms with Crippen molar-refractivity contribution in [3.8, 4) is 0 Å². The van der Waals surface area contributed by atoms with Crippen LogP contribution in [0.2, 0.25) is 0 Å². The van der Waals surface area contributed by atoms with Crippen LogP contribution < -0.4 is 0 Å². The van der Waals surface area contributed by atoms with Crippen LogP contribution in [0.5, 0.6) is 0 Å². The van der Waals surface area contributed by atoms with E-state index in [2.05, 4.69) is 30.0 Å². The second-order valence-electron chi connectivity index (χ2n) is 5.59. The molecule has 0 aromatic carbocycles. The molecule has 1 atom stereocenters. The Morgan fingerprint density at radius 1 is 1.60 bits per heavy atom. The van der Waals surface area contributed by atoms with E-state index in [0.717, 1.165) is 23.9 Å². The third kappa shape index (κ3) is 4.74. The van der Waals surface area contributed by atoms with Crippen molar-refractivity contribution < 1.29 is 9.90 Å². The number of aliphatic carboxylic acids is 1. The molecule has 0 radical (unpaired) electrons. The van der Waals surface area contributed by atoms with Crippen molar-refractivity contribution in [1.29, 1.82) is 0 Å². The van der Waals surface area contributed by atoms with Gasteiger partial charge in [-0.15, -0.1) is 11.3 Å². The molecule has 1 aliphatic heterocycles. The Hall–Kier alpha value is -1.17. The summed E-state index contributed by atoms with van der Waals surface area (Å²) < 4.78 is 0. The summed E-state index contributed by atoms with van der Waals surface area (Å²) in [6.45, 7) is 4.47. The Morgan fingerprint density at radius 3 is 3.05 bits per heavy atom. The number of likely N-dealkylation sites (tertiary alicyclic amines) is 1. The molecule has 1 unspecified atom stereocenters.